The summed E-state index contributed by atoms with van der Waals surface area (Å²) in [5.74, 6) is 0.248. The lowest BCUT2D eigenvalue weighted by molar-refractivity contribution is -0.141. The van der Waals surface area contributed by atoms with Crippen molar-refractivity contribution in [3.8, 4) is 0 Å². The average molecular weight is 264 g/mol. The standard InChI is InChI=1S/C10H11F3N2OS/c11-10(12,13)8-2-1-7(6-15-8)5-9(16)14-3-4-17/h1-2,6,17H,3-5H2,(H,14,16). The molecule has 0 saturated heterocycles. The van der Waals surface area contributed by atoms with Crippen molar-refractivity contribution in [2.24, 2.45) is 0 Å². The van der Waals surface area contributed by atoms with Crippen LogP contribution in [0.2, 0.25) is 0 Å². The van der Waals surface area contributed by atoms with E-state index in [0.29, 0.717) is 17.9 Å². The van der Waals surface area contributed by atoms with Crippen LogP contribution in [0.1, 0.15) is 11.3 Å². The van der Waals surface area contributed by atoms with E-state index in [1.165, 1.54) is 6.07 Å². The fourth-order valence-electron chi connectivity index (χ4n) is 1.14. The summed E-state index contributed by atoms with van der Waals surface area (Å²) >= 11 is 3.91. The highest BCUT2D eigenvalue weighted by atomic mass is 32.1. The van der Waals surface area contributed by atoms with Crippen LogP contribution < -0.4 is 5.32 Å². The fraction of sp³-hybridized carbons (Fsp3) is 0.400. The molecule has 1 aromatic heterocycles. The molecule has 0 saturated carbocycles. The number of alkyl halides is 3. The van der Waals surface area contributed by atoms with Gasteiger partial charge in [-0.1, -0.05) is 6.07 Å². The predicted octanol–water partition coefficient (Wildman–Crippen LogP) is 1.69. The smallest absolute Gasteiger partial charge is 0.355 e. The SMILES string of the molecule is O=C(Cc1ccc(C(F)(F)F)nc1)NCCS. The summed E-state index contributed by atoms with van der Waals surface area (Å²) in [6, 6.07) is 2.11. The summed E-state index contributed by atoms with van der Waals surface area (Å²) in [7, 11) is 0. The molecule has 0 unspecified atom stereocenters. The van der Waals surface area contributed by atoms with Gasteiger partial charge in [0.25, 0.3) is 0 Å². The van der Waals surface area contributed by atoms with Crippen molar-refractivity contribution in [2.45, 2.75) is 12.6 Å². The lowest BCUT2D eigenvalue weighted by Gasteiger charge is -2.06. The van der Waals surface area contributed by atoms with Crippen LogP contribution in [0.15, 0.2) is 18.3 Å². The van der Waals surface area contributed by atoms with Crippen molar-refractivity contribution in [2.75, 3.05) is 12.3 Å². The molecule has 17 heavy (non-hydrogen) atoms. The minimum absolute atomic E-state index is 0.0128. The number of aromatic nitrogens is 1. The third-order valence-corrected chi connectivity index (χ3v) is 2.14. The lowest BCUT2D eigenvalue weighted by atomic mass is 10.2. The molecule has 0 aliphatic carbocycles. The molecule has 3 nitrogen and oxygen atoms in total. The lowest BCUT2D eigenvalue weighted by Crippen LogP contribution is -2.26. The molecular weight excluding hydrogens is 253 g/mol. The van der Waals surface area contributed by atoms with Gasteiger partial charge in [-0.15, -0.1) is 0 Å². The number of halogens is 3. The number of carbonyl (C=O) groups excluding carboxylic acids is 1. The first-order valence-electron chi connectivity index (χ1n) is 4.83. The molecule has 1 N–H and O–H groups in total. The maximum Gasteiger partial charge on any atom is 0.433 e. The first kappa shape index (κ1) is 13.8. The van der Waals surface area contributed by atoms with Crippen molar-refractivity contribution in [3.63, 3.8) is 0 Å². The van der Waals surface area contributed by atoms with Gasteiger partial charge in [0.05, 0.1) is 6.42 Å². The predicted molar refractivity (Wildman–Crippen MR) is 59.8 cm³/mol. The van der Waals surface area contributed by atoms with Crippen LogP contribution in [0.4, 0.5) is 13.2 Å². The van der Waals surface area contributed by atoms with Gasteiger partial charge in [-0.2, -0.15) is 25.8 Å². The van der Waals surface area contributed by atoms with Crippen LogP contribution in [-0.4, -0.2) is 23.2 Å². The number of amides is 1. The molecule has 1 aromatic rings. The molecule has 0 bridgehead atoms. The Balaban J connectivity index is 2.60. The van der Waals surface area contributed by atoms with E-state index < -0.39 is 11.9 Å². The molecule has 0 aromatic carbocycles. The second-order valence-electron chi connectivity index (χ2n) is 3.30. The van der Waals surface area contributed by atoms with Gasteiger partial charge >= 0.3 is 6.18 Å². The highest BCUT2D eigenvalue weighted by molar-refractivity contribution is 7.80. The normalized spacial score (nSPS) is 11.3. The quantitative estimate of drug-likeness (QED) is 0.813. The minimum atomic E-state index is -4.45. The second-order valence-corrected chi connectivity index (χ2v) is 3.75. The summed E-state index contributed by atoms with van der Waals surface area (Å²) in [6.45, 7) is 0.427. The minimum Gasteiger partial charge on any atom is -0.355 e. The van der Waals surface area contributed by atoms with Crippen molar-refractivity contribution in [3.05, 3.63) is 29.6 Å². The number of nitrogens with one attached hydrogen (secondary N) is 1. The van der Waals surface area contributed by atoms with Gasteiger partial charge < -0.3 is 5.32 Å². The van der Waals surface area contributed by atoms with Gasteiger partial charge in [0.15, 0.2) is 0 Å². The Morgan fingerprint density at radius 3 is 2.59 bits per heavy atom. The molecule has 1 amide bonds. The number of nitrogens with zero attached hydrogens (tertiary/aromatic N) is 1. The number of thiol groups is 1. The van der Waals surface area contributed by atoms with Gasteiger partial charge in [0.2, 0.25) is 5.91 Å². The molecule has 0 atom stereocenters. The Labute approximate surface area is 102 Å². The fourth-order valence-corrected chi connectivity index (χ4v) is 1.25. The zero-order valence-corrected chi connectivity index (χ0v) is 9.68. The second kappa shape index (κ2) is 5.90. The molecule has 0 spiro atoms. The first-order chi connectivity index (χ1) is 7.93. The van der Waals surface area contributed by atoms with Crippen molar-refractivity contribution in [1.82, 2.24) is 10.3 Å². The van der Waals surface area contributed by atoms with Crippen molar-refractivity contribution < 1.29 is 18.0 Å². The number of carbonyl (C=O) groups is 1. The summed E-state index contributed by atoms with van der Waals surface area (Å²) < 4.78 is 36.6. The van der Waals surface area contributed by atoms with Crippen LogP contribution in [0, 0.1) is 0 Å². The highest BCUT2D eigenvalue weighted by Crippen LogP contribution is 2.27. The van der Waals surface area contributed by atoms with E-state index in [1.54, 1.807) is 0 Å². The Morgan fingerprint density at radius 2 is 2.12 bits per heavy atom. The molecule has 94 valence electrons. The monoisotopic (exact) mass is 264 g/mol. The van der Waals surface area contributed by atoms with E-state index in [0.717, 1.165) is 12.3 Å². The molecule has 0 fully saturated rings. The van der Waals surface area contributed by atoms with Crippen LogP contribution in [0.3, 0.4) is 0 Å². The average Bonchev–Trinajstić information content (AvgIpc) is 2.26. The Bertz CT molecular complexity index is 378. The Morgan fingerprint density at radius 1 is 1.41 bits per heavy atom. The molecule has 0 aliphatic rings. The topological polar surface area (TPSA) is 42.0 Å². The highest BCUT2D eigenvalue weighted by Gasteiger charge is 2.31. The molecule has 0 aliphatic heterocycles. The van der Waals surface area contributed by atoms with Gasteiger partial charge in [0.1, 0.15) is 5.69 Å². The van der Waals surface area contributed by atoms with Gasteiger partial charge in [-0.05, 0) is 11.6 Å². The number of pyridine rings is 1. The van der Waals surface area contributed by atoms with Crippen LogP contribution >= 0.6 is 12.6 Å². The molecular formula is C10H11F3N2OS. The van der Waals surface area contributed by atoms with E-state index in [1.807, 2.05) is 0 Å². The number of hydrogen-bond acceptors (Lipinski definition) is 3. The van der Waals surface area contributed by atoms with Crippen molar-refractivity contribution >= 4 is 18.5 Å². The van der Waals surface area contributed by atoms with E-state index in [2.05, 4.69) is 22.9 Å². The largest absolute Gasteiger partial charge is 0.433 e. The molecule has 1 heterocycles. The summed E-state index contributed by atoms with van der Waals surface area (Å²) in [6.07, 6.45) is -3.38. The Kier molecular flexibility index (Phi) is 4.80. The van der Waals surface area contributed by atoms with E-state index in [-0.39, 0.29) is 12.3 Å². The first-order valence-corrected chi connectivity index (χ1v) is 5.46. The maximum atomic E-state index is 12.2. The zero-order chi connectivity index (χ0) is 12.9. The summed E-state index contributed by atoms with van der Waals surface area (Å²) in [4.78, 5) is 14.5. The van der Waals surface area contributed by atoms with Crippen molar-refractivity contribution in [1.29, 1.82) is 0 Å². The van der Waals surface area contributed by atoms with Crippen LogP contribution in [-0.2, 0) is 17.4 Å². The van der Waals surface area contributed by atoms with Gasteiger partial charge in [0, 0.05) is 18.5 Å². The molecule has 0 radical (unpaired) electrons. The van der Waals surface area contributed by atoms with Crippen LogP contribution in [0.5, 0.6) is 0 Å². The van der Waals surface area contributed by atoms with E-state index >= 15 is 0 Å². The Hall–Kier alpha value is -1.24. The van der Waals surface area contributed by atoms with Gasteiger partial charge in [-0.3, -0.25) is 9.78 Å². The zero-order valence-electron chi connectivity index (χ0n) is 8.79. The maximum absolute atomic E-state index is 12.2. The van der Waals surface area contributed by atoms with E-state index in [9.17, 15) is 18.0 Å². The van der Waals surface area contributed by atoms with Crippen LogP contribution in [0.25, 0.3) is 0 Å². The van der Waals surface area contributed by atoms with Gasteiger partial charge in [-0.25, -0.2) is 0 Å². The molecule has 7 heteroatoms. The summed E-state index contributed by atoms with van der Waals surface area (Å²) in [5, 5.41) is 2.56. The summed E-state index contributed by atoms with van der Waals surface area (Å²) in [5.41, 5.74) is -0.522. The third kappa shape index (κ3) is 4.64. The third-order valence-electron chi connectivity index (χ3n) is 1.91. The number of hydrogen-bond donors (Lipinski definition) is 2. The number of rotatable bonds is 4. The van der Waals surface area contributed by atoms with E-state index in [4.69, 9.17) is 0 Å². The molecule has 1 rings (SSSR count).